The molecule has 1 aliphatic carbocycles. The molecule has 0 bridgehead atoms. The van der Waals surface area contributed by atoms with Crippen LogP contribution in [0.2, 0.25) is 0 Å². The largest absolute Gasteiger partial charge is 0.0622 e. The molecule has 1 fully saturated rings. The number of hydrogen-bond acceptors (Lipinski definition) is 0. The van der Waals surface area contributed by atoms with Crippen molar-refractivity contribution in [2.75, 3.05) is 0 Å². The van der Waals surface area contributed by atoms with Crippen molar-refractivity contribution in [3.63, 3.8) is 0 Å². The topological polar surface area (TPSA) is 0 Å². The average molecular weight is 112 g/mol. The van der Waals surface area contributed by atoms with Crippen molar-refractivity contribution in [1.82, 2.24) is 0 Å². The zero-order valence-corrected chi connectivity index (χ0v) is 6.36. The molecule has 0 radical (unpaired) electrons. The zero-order valence-electron chi connectivity index (χ0n) is 6.36. The molecule has 0 saturated heterocycles. The minimum absolute atomic E-state index is 0.583. The van der Waals surface area contributed by atoms with Crippen LogP contribution in [0.25, 0.3) is 0 Å². The van der Waals surface area contributed by atoms with Crippen LogP contribution in [-0.2, 0) is 0 Å². The second kappa shape index (κ2) is 1.49. The Morgan fingerprint density at radius 1 is 1.25 bits per heavy atom. The van der Waals surface area contributed by atoms with E-state index in [-0.39, 0.29) is 0 Å². The van der Waals surface area contributed by atoms with E-state index in [1.807, 2.05) is 0 Å². The molecule has 8 heavy (non-hydrogen) atoms. The molecule has 0 N–H and O–H groups in total. The Morgan fingerprint density at radius 2 is 1.62 bits per heavy atom. The van der Waals surface area contributed by atoms with E-state index in [0.717, 1.165) is 11.8 Å². The highest BCUT2D eigenvalue weighted by molar-refractivity contribution is 4.90. The van der Waals surface area contributed by atoms with Crippen molar-refractivity contribution < 1.29 is 0 Å². The molecule has 0 heterocycles. The van der Waals surface area contributed by atoms with Crippen LogP contribution in [0.15, 0.2) is 0 Å². The smallest absolute Gasteiger partial charge is 0.0337 e. The summed E-state index contributed by atoms with van der Waals surface area (Å²) in [5.41, 5.74) is 0.583. The molecule has 0 aromatic heterocycles. The van der Waals surface area contributed by atoms with E-state index in [2.05, 4.69) is 27.7 Å². The average Bonchev–Trinajstić information content (AvgIpc) is 2.13. The fourth-order valence-corrected chi connectivity index (χ4v) is 1.53. The van der Waals surface area contributed by atoms with Crippen molar-refractivity contribution in [1.29, 1.82) is 0 Å². The van der Waals surface area contributed by atoms with Crippen LogP contribution in [0, 0.1) is 17.3 Å². The molecule has 0 heteroatoms. The Balaban J connectivity index is 2.39. The van der Waals surface area contributed by atoms with Gasteiger partial charge in [0.2, 0.25) is 0 Å². The molecule has 1 saturated carbocycles. The van der Waals surface area contributed by atoms with E-state index in [1.54, 1.807) is 0 Å². The number of rotatable bonds is 0. The van der Waals surface area contributed by atoms with Gasteiger partial charge in [0.15, 0.2) is 0 Å². The van der Waals surface area contributed by atoms with Crippen molar-refractivity contribution in [3.05, 3.63) is 0 Å². The van der Waals surface area contributed by atoms with Gasteiger partial charge >= 0.3 is 0 Å². The van der Waals surface area contributed by atoms with Crippen LogP contribution in [0.1, 0.15) is 34.1 Å². The monoisotopic (exact) mass is 112 g/mol. The van der Waals surface area contributed by atoms with Gasteiger partial charge in [-0.25, -0.2) is 0 Å². The minimum Gasteiger partial charge on any atom is -0.0622 e. The molecule has 1 rings (SSSR count). The molecular weight excluding hydrogens is 96.1 g/mol. The highest BCUT2D eigenvalue weighted by atomic mass is 14.5. The molecule has 1 unspecified atom stereocenters. The quantitative estimate of drug-likeness (QED) is 0.452. The lowest BCUT2D eigenvalue weighted by Crippen LogP contribution is -2.08. The van der Waals surface area contributed by atoms with Crippen molar-refractivity contribution in [3.8, 4) is 0 Å². The van der Waals surface area contributed by atoms with Crippen LogP contribution in [0.3, 0.4) is 0 Å². The third kappa shape index (κ3) is 1.04. The molecule has 0 aromatic carbocycles. The first-order chi connectivity index (χ1) is 3.52. The van der Waals surface area contributed by atoms with Gasteiger partial charge in [0, 0.05) is 0 Å². The minimum atomic E-state index is 0.583. The summed E-state index contributed by atoms with van der Waals surface area (Å²) in [7, 11) is 0. The molecule has 0 amide bonds. The van der Waals surface area contributed by atoms with E-state index >= 15 is 0 Å². The molecule has 48 valence electrons. The van der Waals surface area contributed by atoms with Gasteiger partial charge in [0.25, 0.3) is 0 Å². The summed E-state index contributed by atoms with van der Waals surface area (Å²) in [6.45, 7) is 9.35. The molecule has 0 aromatic rings. The molecular formula is C8H16. The highest BCUT2D eigenvalue weighted by Gasteiger charge is 2.41. The maximum atomic E-state index is 2.34. The van der Waals surface area contributed by atoms with E-state index in [0.29, 0.717) is 5.41 Å². The lowest BCUT2D eigenvalue weighted by atomic mass is 9.89. The molecule has 0 aliphatic heterocycles. The second-order valence-corrected chi connectivity index (χ2v) is 4.19. The predicted molar refractivity (Wildman–Crippen MR) is 36.7 cm³/mol. The third-order valence-electron chi connectivity index (χ3n) is 2.22. The second-order valence-electron chi connectivity index (χ2n) is 4.19. The van der Waals surface area contributed by atoms with Crippen LogP contribution in [0.5, 0.6) is 0 Å². The summed E-state index contributed by atoms with van der Waals surface area (Å²) in [4.78, 5) is 0. The van der Waals surface area contributed by atoms with E-state index in [4.69, 9.17) is 0 Å². The van der Waals surface area contributed by atoms with E-state index < -0.39 is 0 Å². The maximum Gasteiger partial charge on any atom is -0.0337 e. The lowest BCUT2D eigenvalue weighted by Gasteiger charge is -2.16. The molecule has 0 spiro atoms. The Morgan fingerprint density at radius 3 is 1.62 bits per heavy atom. The van der Waals surface area contributed by atoms with Crippen molar-refractivity contribution in [2.45, 2.75) is 34.1 Å². The summed E-state index contributed by atoms with van der Waals surface area (Å²) in [6, 6.07) is 0. The van der Waals surface area contributed by atoms with Crippen molar-refractivity contribution in [2.24, 2.45) is 17.3 Å². The SMILES string of the molecule is C[C@@H]1CC1C(C)(C)C. The summed E-state index contributed by atoms with van der Waals surface area (Å²) in [5, 5.41) is 0. The third-order valence-corrected chi connectivity index (χ3v) is 2.22. The fourth-order valence-electron chi connectivity index (χ4n) is 1.53. The van der Waals surface area contributed by atoms with Gasteiger partial charge in [-0.3, -0.25) is 0 Å². The predicted octanol–water partition coefficient (Wildman–Crippen LogP) is 2.69. The summed E-state index contributed by atoms with van der Waals surface area (Å²) < 4.78 is 0. The standard InChI is InChI=1S/C8H16/c1-6-5-7(6)8(2,3)4/h6-7H,5H2,1-4H3/t6-,7?/m1/s1. The summed E-state index contributed by atoms with van der Waals surface area (Å²) >= 11 is 0. The highest BCUT2D eigenvalue weighted by Crippen LogP contribution is 2.49. The summed E-state index contributed by atoms with van der Waals surface area (Å²) in [5.74, 6) is 2.03. The first-order valence-electron chi connectivity index (χ1n) is 3.52. The Hall–Kier alpha value is 0. The Kier molecular flexibility index (Phi) is 1.14. The van der Waals surface area contributed by atoms with Gasteiger partial charge in [0.05, 0.1) is 0 Å². The Labute approximate surface area is 52.3 Å². The van der Waals surface area contributed by atoms with E-state index in [9.17, 15) is 0 Å². The molecule has 0 nitrogen and oxygen atoms in total. The lowest BCUT2D eigenvalue weighted by molar-refractivity contribution is 0.334. The van der Waals surface area contributed by atoms with E-state index in [1.165, 1.54) is 6.42 Å². The van der Waals surface area contributed by atoms with Gasteiger partial charge in [-0.1, -0.05) is 27.7 Å². The maximum absolute atomic E-state index is 2.34. The molecule has 1 aliphatic rings. The molecule has 2 atom stereocenters. The van der Waals surface area contributed by atoms with Crippen molar-refractivity contribution >= 4 is 0 Å². The van der Waals surface area contributed by atoms with Crippen LogP contribution >= 0.6 is 0 Å². The van der Waals surface area contributed by atoms with Crippen LogP contribution in [-0.4, -0.2) is 0 Å². The van der Waals surface area contributed by atoms with Crippen LogP contribution in [0.4, 0.5) is 0 Å². The number of hydrogen-bond donors (Lipinski definition) is 0. The summed E-state index contributed by atoms with van der Waals surface area (Å²) in [6.07, 6.45) is 1.46. The van der Waals surface area contributed by atoms with Crippen LogP contribution < -0.4 is 0 Å². The Bertz CT molecular complexity index is 86.7. The van der Waals surface area contributed by atoms with Gasteiger partial charge in [-0.2, -0.15) is 0 Å². The van der Waals surface area contributed by atoms with Gasteiger partial charge < -0.3 is 0 Å². The zero-order chi connectivity index (χ0) is 6.36. The van der Waals surface area contributed by atoms with Gasteiger partial charge in [-0.15, -0.1) is 0 Å². The van der Waals surface area contributed by atoms with Gasteiger partial charge in [-0.05, 0) is 23.7 Å². The van der Waals surface area contributed by atoms with Gasteiger partial charge in [0.1, 0.15) is 0 Å². The normalized spacial score (nSPS) is 37.5. The first-order valence-corrected chi connectivity index (χ1v) is 3.52. The fraction of sp³-hybridized carbons (Fsp3) is 1.00. The first kappa shape index (κ1) is 6.12.